The topological polar surface area (TPSA) is 35.2 Å². The third kappa shape index (κ3) is 2.58. The van der Waals surface area contributed by atoms with E-state index in [1.807, 2.05) is 13.0 Å². The Morgan fingerprint density at radius 2 is 2.11 bits per heavy atom. The first kappa shape index (κ1) is 13.5. The lowest BCUT2D eigenvalue weighted by Gasteiger charge is -2.11. The first-order chi connectivity index (χ1) is 8.52. The van der Waals surface area contributed by atoms with Crippen LogP contribution >= 0.6 is 27.3 Å². The largest absolute Gasteiger partial charge is 0.494 e. The van der Waals surface area contributed by atoms with Gasteiger partial charge in [-0.25, -0.2) is 4.39 Å². The maximum Gasteiger partial charge on any atom is 0.165 e. The summed E-state index contributed by atoms with van der Waals surface area (Å²) in [5, 5.41) is 0. The van der Waals surface area contributed by atoms with Crippen LogP contribution in [0.5, 0.6) is 5.75 Å². The minimum Gasteiger partial charge on any atom is -0.494 e. The molecule has 1 aromatic carbocycles. The van der Waals surface area contributed by atoms with E-state index >= 15 is 0 Å². The first-order valence-corrected chi connectivity index (χ1v) is 6.98. The van der Waals surface area contributed by atoms with Crippen molar-refractivity contribution in [3.05, 3.63) is 49.9 Å². The molecule has 1 aromatic heterocycles. The molecule has 18 heavy (non-hydrogen) atoms. The molecule has 0 radical (unpaired) electrons. The second-order valence-electron chi connectivity index (χ2n) is 3.98. The summed E-state index contributed by atoms with van der Waals surface area (Å²) in [4.78, 5) is 1.00. The van der Waals surface area contributed by atoms with Gasteiger partial charge in [0.15, 0.2) is 11.6 Å². The van der Waals surface area contributed by atoms with Crippen molar-refractivity contribution in [1.29, 1.82) is 0 Å². The second-order valence-corrected chi connectivity index (χ2v) is 6.38. The zero-order valence-corrected chi connectivity index (χ0v) is 12.4. The molecule has 0 aliphatic heterocycles. The Morgan fingerprint density at radius 3 is 2.61 bits per heavy atom. The Labute approximate surface area is 118 Å². The average Bonchev–Trinajstić information content (AvgIpc) is 2.68. The molecule has 2 nitrogen and oxygen atoms in total. The molecule has 0 aliphatic carbocycles. The third-order valence-corrected chi connectivity index (χ3v) is 4.94. The molecule has 0 aliphatic rings. The van der Waals surface area contributed by atoms with Crippen LogP contribution < -0.4 is 10.5 Å². The van der Waals surface area contributed by atoms with Gasteiger partial charge in [-0.1, -0.05) is 6.07 Å². The second kappa shape index (κ2) is 5.38. The van der Waals surface area contributed by atoms with Gasteiger partial charge in [0.2, 0.25) is 0 Å². The lowest BCUT2D eigenvalue weighted by atomic mass is 10.1. The van der Waals surface area contributed by atoms with Crippen molar-refractivity contribution in [1.82, 2.24) is 0 Å². The van der Waals surface area contributed by atoms with Crippen LogP contribution in [0, 0.1) is 12.7 Å². The Balaban J connectivity index is 2.33. The van der Waals surface area contributed by atoms with Crippen molar-refractivity contribution in [3.8, 4) is 5.75 Å². The normalized spacial score (nSPS) is 12.5. The Kier molecular flexibility index (Phi) is 4.04. The molecule has 2 aromatic rings. The van der Waals surface area contributed by atoms with Crippen molar-refractivity contribution in [2.45, 2.75) is 13.0 Å². The molecular formula is C13H13BrFNOS. The summed E-state index contributed by atoms with van der Waals surface area (Å²) in [5.74, 6) is -0.160. The molecule has 2 rings (SSSR count). The van der Waals surface area contributed by atoms with Gasteiger partial charge in [0.25, 0.3) is 0 Å². The van der Waals surface area contributed by atoms with Gasteiger partial charge < -0.3 is 10.5 Å². The highest BCUT2D eigenvalue weighted by molar-refractivity contribution is 9.11. The van der Waals surface area contributed by atoms with Gasteiger partial charge in [-0.15, -0.1) is 11.3 Å². The van der Waals surface area contributed by atoms with Crippen molar-refractivity contribution < 1.29 is 9.13 Å². The highest BCUT2D eigenvalue weighted by Crippen LogP contribution is 2.34. The van der Waals surface area contributed by atoms with E-state index in [0.29, 0.717) is 0 Å². The van der Waals surface area contributed by atoms with Crippen LogP contribution in [-0.2, 0) is 0 Å². The molecule has 1 atom stereocenters. The lowest BCUT2D eigenvalue weighted by molar-refractivity contribution is 0.386. The van der Waals surface area contributed by atoms with Crippen molar-refractivity contribution in [3.63, 3.8) is 0 Å². The molecule has 0 bridgehead atoms. The molecule has 0 amide bonds. The number of aryl methyl sites for hydroxylation is 1. The summed E-state index contributed by atoms with van der Waals surface area (Å²) in [6, 6.07) is 6.50. The maximum absolute atomic E-state index is 13.6. The summed E-state index contributed by atoms with van der Waals surface area (Å²) in [6.45, 7) is 2.01. The van der Waals surface area contributed by atoms with Crippen LogP contribution in [0.2, 0.25) is 0 Å². The van der Waals surface area contributed by atoms with Gasteiger partial charge in [0, 0.05) is 4.88 Å². The van der Waals surface area contributed by atoms with Gasteiger partial charge in [-0.3, -0.25) is 0 Å². The van der Waals surface area contributed by atoms with Crippen LogP contribution in [0.4, 0.5) is 4.39 Å². The van der Waals surface area contributed by atoms with Crippen LogP contribution in [0.25, 0.3) is 0 Å². The van der Waals surface area contributed by atoms with Gasteiger partial charge in [0.1, 0.15) is 0 Å². The smallest absolute Gasteiger partial charge is 0.165 e. The summed E-state index contributed by atoms with van der Waals surface area (Å²) in [7, 11) is 1.44. The number of hydrogen-bond donors (Lipinski definition) is 1. The fourth-order valence-electron chi connectivity index (χ4n) is 1.68. The number of hydrogen-bond acceptors (Lipinski definition) is 3. The molecule has 5 heteroatoms. The van der Waals surface area contributed by atoms with Crippen LogP contribution in [0.3, 0.4) is 0 Å². The van der Waals surface area contributed by atoms with Crippen molar-refractivity contribution >= 4 is 27.3 Å². The fraction of sp³-hybridized carbons (Fsp3) is 0.231. The monoisotopic (exact) mass is 329 g/mol. The van der Waals surface area contributed by atoms with E-state index in [1.165, 1.54) is 13.2 Å². The molecule has 1 heterocycles. The Morgan fingerprint density at radius 1 is 1.39 bits per heavy atom. The maximum atomic E-state index is 13.6. The predicted molar refractivity (Wildman–Crippen MR) is 75.7 cm³/mol. The number of benzene rings is 1. The molecule has 0 fully saturated rings. The van der Waals surface area contributed by atoms with Gasteiger partial charge in [-0.2, -0.15) is 0 Å². The number of rotatable bonds is 3. The lowest BCUT2D eigenvalue weighted by Crippen LogP contribution is -2.10. The minimum atomic E-state index is -0.391. The molecule has 1 unspecified atom stereocenters. The number of ether oxygens (including phenoxy) is 1. The molecule has 0 spiro atoms. The summed E-state index contributed by atoms with van der Waals surface area (Å²) in [5.41, 5.74) is 8.02. The zero-order chi connectivity index (χ0) is 13.3. The molecule has 2 N–H and O–H groups in total. The third-order valence-electron chi connectivity index (χ3n) is 2.72. The van der Waals surface area contributed by atoms with Crippen LogP contribution in [0.15, 0.2) is 28.1 Å². The highest BCUT2D eigenvalue weighted by Gasteiger charge is 2.15. The van der Waals surface area contributed by atoms with Gasteiger partial charge >= 0.3 is 0 Å². The Bertz CT molecular complexity index is 551. The molecule has 0 saturated carbocycles. The van der Waals surface area contributed by atoms with Crippen LogP contribution in [-0.4, -0.2) is 7.11 Å². The van der Waals surface area contributed by atoms with E-state index in [-0.39, 0.29) is 11.8 Å². The van der Waals surface area contributed by atoms with E-state index in [1.54, 1.807) is 23.5 Å². The first-order valence-electron chi connectivity index (χ1n) is 5.37. The van der Waals surface area contributed by atoms with E-state index < -0.39 is 5.82 Å². The summed E-state index contributed by atoms with van der Waals surface area (Å²) in [6.07, 6.45) is 0. The average molecular weight is 330 g/mol. The van der Waals surface area contributed by atoms with E-state index in [4.69, 9.17) is 10.5 Å². The number of nitrogens with two attached hydrogens (primary N) is 1. The zero-order valence-electron chi connectivity index (χ0n) is 10.0. The summed E-state index contributed by atoms with van der Waals surface area (Å²) >= 11 is 5.03. The molecule has 96 valence electrons. The van der Waals surface area contributed by atoms with Crippen molar-refractivity contribution in [2.24, 2.45) is 5.73 Å². The molecular weight excluding hydrogens is 317 g/mol. The van der Waals surface area contributed by atoms with E-state index in [9.17, 15) is 4.39 Å². The SMILES string of the molecule is COc1ccc(C(N)c2cc(C)c(Br)s2)cc1F. The van der Waals surface area contributed by atoms with E-state index in [2.05, 4.69) is 15.9 Å². The van der Waals surface area contributed by atoms with Gasteiger partial charge in [-0.05, 0) is 52.2 Å². The van der Waals surface area contributed by atoms with Gasteiger partial charge in [0.05, 0.1) is 16.9 Å². The number of methoxy groups -OCH3 is 1. The molecule has 0 saturated heterocycles. The number of halogens is 2. The number of thiophene rings is 1. The predicted octanol–water partition coefficient (Wildman–Crippen LogP) is 4.01. The quantitative estimate of drug-likeness (QED) is 0.923. The van der Waals surface area contributed by atoms with E-state index in [0.717, 1.165) is 19.8 Å². The Hall–Kier alpha value is -0.910. The standard InChI is InChI=1S/C13H13BrFNOS/c1-7-5-11(18-13(7)14)12(16)8-3-4-10(17-2)9(15)6-8/h3-6,12H,16H2,1-2H3. The summed E-state index contributed by atoms with van der Waals surface area (Å²) < 4.78 is 19.6. The highest BCUT2D eigenvalue weighted by atomic mass is 79.9. The van der Waals surface area contributed by atoms with Crippen LogP contribution in [0.1, 0.15) is 22.0 Å². The minimum absolute atomic E-state index is 0.231. The van der Waals surface area contributed by atoms with Crippen molar-refractivity contribution in [2.75, 3.05) is 7.11 Å². The fourth-order valence-corrected chi connectivity index (χ4v) is 3.28.